The molecule has 0 spiro atoms. The Bertz CT molecular complexity index is 929. The zero-order valence-corrected chi connectivity index (χ0v) is 17.7. The second-order valence-corrected chi connectivity index (χ2v) is 8.31. The van der Waals surface area contributed by atoms with E-state index in [9.17, 15) is 9.90 Å². The van der Waals surface area contributed by atoms with E-state index in [1.165, 1.54) is 0 Å². The van der Waals surface area contributed by atoms with Crippen LogP contribution in [0.5, 0.6) is 11.5 Å². The molecule has 0 bridgehead atoms. The molecule has 2 atom stereocenters. The molecule has 5 nitrogen and oxygen atoms in total. The molecule has 2 aromatic carbocycles. The highest BCUT2D eigenvalue weighted by Crippen LogP contribution is 2.42. The van der Waals surface area contributed by atoms with Gasteiger partial charge < -0.3 is 19.3 Å². The van der Waals surface area contributed by atoms with Crippen LogP contribution in [0.3, 0.4) is 0 Å². The van der Waals surface area contributed by atoms with Gasteiger partial charge in [-0.2, -0.15) is 0 Å². The molecule has 0 saturated heterocycles. The Morgan fingerprint density at radius 3 is 2.66 bits per heavy atom. The van der Waals surface area contributed by atoms with Gasteiger partial charge in [0.2, 0.25) is 0 Å². The number of hydrogen-bond acceptors (Lipinski definition) is 5. The van der Waals surface area contributed by atoms with Gasteiger partial charge in [-0.1, -0.05) is 29.8 Å². The second-order valence-electron chi connectivity index (χ2n) is 7.87. The first-order chi connectivity index (χ1) is 13.7. The summed E-state index contributed by atoms with van der Waals surface area (Å²) in [6.07, 6.45) is -0.0747. The lowest BCUT2D eigenvalue weighted by molar-refractivity contribution is -0.156. The molecule has 0 aliphatic carbocycles. The number of methoxy groups -OCH3 is 1. The van der Waals surface area contributed by atoms with E-state index < -0.39 is 23.8 Å². The van der Waals surface area contributed by atoms with Crippen LogP contribution >= 0.6 is 11.6 Å². The van der Waals surface area contributed by atoms with Gasteiger partial charge in [0.1, 0.15) is 17.1 Å². The van der Waals surface area contributed by atoms with Crippen molar-refractivity contribution in [3.8, 4) is 11.5 Å². The van der Waals surface area contributed by atoms with Crippen molar-refractivity contribution in [1.29, 1.82) is 0 Å². The van der Waals surface area contributed by atoms with Gasteiger partial charge >= 0.3 is 5.97 Å². The van der Waals surface area contributed by atoms with Gasteiger partial charge in [0.05, 0.1) is 19.6 Å². The van der Waals surface area contributed by atoms with E-state index in [1.807, 2.05) is 30.3 Å². The van der Waals surface area contributed by atoms with Crippen molar-refractivity contribution in [1.82, 2.24) is 0 Å². The van der Waals surface area contributed by atoms with E-state index in [0.29, 0.717) is 22.1 Å². The number of fused-ring (bicyclic) bond motifs is 1. The van der Waals surface area contributed by atoms with E-state index >= 15 is 0 Å². The number of benzene rings is 2. The Balaban J connectivity index is 1.99. The van der Waals surface area contributed by atoms with Crippen LogP contribution in [0.4, 0.5) is 0 Å². The fraction of sp³-hybridized carbons (Fsp3) is 0.348. The van der Waals surface area contributed by atoms with Crippen LogP contribution in [0.1, 0.15) is 44.4 Å². The lowest BCUT2D eigenvalue weighted by atomic mass is 9.90. The first kappa shape index (κ1) is 21.2. The molecule has 154 valence electrons. The van der Waals surface area contributed by atoms with Crippen molar-refractivity contribution in [2.24, 2.45) is 0 Å². The molecule has 0 saturated carbocycles. The van der Waals surface area contributed by atoms with E-state index in [1.54, 1.807) is 46.1 Å². The number of para-hydroxylation sites is 1. The molecule has 1 aliphatic rings. The Hall–Kier alpha value is -2.50. The molecular weight excluding hydrogens is 392 g/mol. The smallest absolute Gasteiger partial charge is 0.309 e. The Kier molecular flexibility index (Phi) is 6.20. The third-order valence-electron chi connectivity index (χ3n) is 4.43. The molecule has 2 aromatic rings. The quantitative estimate of drug-likeness (QED) is 0.698. The summed E-state index contributed by atoms with van der Waals surface area (Å²) in [6.45, 7) is 5.36. The number of ether oxygens (including phenoxy) is 3. The molecule has 1 aliphatic heterocycles. The fourth-order valence-electron chi connectivity index (χ4n) is 3.25. The van der Waals surface area contributed by atoms with Gasteiger partial charge in [0.25, 0.3) is 0 Å². The van der Waals surface area contributed by atoms with Gasteiger partial charge in [-0.3, -0.25) is 4.79 Å². The summed E-state index contributed by atoms with van der Waals surface area (Å²) in [5.74, 6) is 0.783. The minimum atomic E-state index is -1.09. The van der Waals surface area contributed by atoms with E-state index in [2.05, 4.69) is 0 Å². The molecule has 0 radical (unpaired) electrons. The maximum Gasteiger partial charge on any atom is 0.309 e. The van der Waals surface area contributed by atoms with Crippen LogP contribution in [0, 0.1) is 0 Å². The molecule has 29 heavy (non-hydrogen) atoms. The minimum absolute atomic E-state index is 0.186. The summed E-state index contributed by atoms with van der Waals surface area (Å²) < 4.78 is 17.1. The van der Waals surface area contributed by atoms with Gasteiger partial charge in [0.15, 0.2) is 6.10 Å². The summed E-state index contributed by atoms with van der Waals surface area (Å²) in [7, 11) is 1.58. The fourth-order valence-corrected chi connectivity index (χ4v) is 3.43. The van der Waals surface area contributed by atoms with E-state index in [0.717, 1.165) is 11.1 Å². The lowest BCUT2D eigenvalue weighted by Gasteiger charge is -2.31. The third-order valence-corrected chi connectivity index (χ3v) is 4.66. The summed E-state index contributed by atoms with van der Waals surface area (Å²) in [4.78, 5) is 12.3. The van der Waals surface area contributed by atoms with Crippen molar-refractivity contribution in [3.63, 3.8) is 0 Å². The van der Waals surface area contributed by atoms with Crippen molar-refractivity contribution >= 4 is 23.6 Å². The number of aliphatic hydroxyl groups excluding tert-OH is 1. The number of halogens is 1. The third kappa shape index (κ3) is 5.11. The monoisotopic (exact) mass is 416 g/mol. The molecular formula is C23H25ClO5. The Morgan fingerprint density at radius 2 is 1.97 bits per heavy atom. The zero-order chi connectivity index (χ0) is 21.2. The Morgan fingerprint density at radius 1 is 1.24 bits per heavy atom. The van der Waals surface area contributed by atoms with Crippen molar-refractivity contribution < 1.29 is 24.1 Å². The first-order valence-electron chi connectivity index (χ1n) is 9.38. The van der Waals surface area contributed by atoms with Crippen LogP contribution in [0.25, 0.3) is 6.08 Å². The van der Waals surface area contributed by atoms with Gasteiger partial charge in [-0.05, 0) is 51.1 Å². The topological polar surface area (TPSA) is 65.0 Å². The highest BCUT2D eigenvalue weighted by atomic mass is 35.5. The van der Waals surface area contributed by atoms with Crippen molar-refractivity contribution in [2.45, 2.75) is 45.0 Å². The lowest BCUT2D eigenvalue weighted by Crippen LogP contribution is -2.30. The number of rotatable bonds is 5. The summed E-state index contributed by atoms with van der Waals surface area (Å²) in [5.41, 5.74) is 1.40. The molecule has 0 fully saturated rings. The van der Waals surface area contributed by atoms with Gasteiger partial charge in [-0.25, -0.2) is 0 Å². The summed E-state index contributed by atoms with van der Waals surface area (Å²) in [5, 5.41) is 11.5. The van der Waals surface area contributed by atoms with Crippen LogP contribution in [-0.4, -0.2) is 29.9 Å². The van der Waals surface area contributed by atoms with E-state index in [-0.39, 0.29) is 6.42 Å². The van der Waals surface area contributed by atoms with Gasteiger partial charge in [0, 0.05) is 21.7 Å². The average molecular weight is 417 g/mol. The number of carbonyl (C=O) groups is 1. The van der Waals surface area contributed by atoms with Crippen molar-refractivity contribution in [3.05, 3.63) is 64.2 Å². The molecule has 0 amide bonds. The number of carbonyl (C=O) groups excluding carboxylic acids is 1. The zero-order valence-electron chi connectivity index (χ0n) is 16.9. The molecule has 1 heterocycles. The molecule has 0 aromatic heterocycles. The number of aliphatic hydroxyl groups is 1. The minimum Gasteiger partial charge on any atom is -0.496 e. The molecule has 1 N–H and O–H groups in total. The van der Waals surface area contributed by atoms with Crippen LogP contribution in [0.15, 0.2) is 48.0 Å². The van der Waals surface area contributed by atoms with Crippen LogP contribution in [-0.2, 0) is 9.53 Å². The SMILES string of the molecule is COc1ccccc1[C@H]1Oc2ccc(Cl)cc2C=C1[C@@H](O)CC(=O)OC(C)(C)C. The Labute approximate surface area is 175 Å². The number of esters is 1. The average Bonchev–Trinajstić information content (AvgIpc) is 2.65. The normalized spacial score (nSPS) is 16.9. The summed E-state index contributed by atoms with van der Waals surface area (Å²) >= 11 is 6.12. The van der Waals surface area contributed by atoms with Crippen LogP contribution in [0.2, 0.25) is 5.02 Å². The van der Waals surface area contributed by atoms with Gasteiger partial charge in [-0.15, -0.1) is 0 Å². The molecule has 0 unspecified atom stereocenters. The highest BCUT2D eigenvalue weighted by Gasteiger charge is 2.33. The number of hydrogen-bond donors (Lipinski definition) is 1. The largest absolute Gasteiger partial charge is 0.496 e. The predicted octanol–water partition coefficient (Wildman–Crippen LogP) is 4.96. The first-order valence-corrected chi connectivity index (χ1v) is 9.76. The molecule has 3 rings (SSSR count). The van der Waals surface area contributed by atoms with Crippen LogP contribution < -0.4 is 9.47 Å². The maximum atomic E-state index is 12.3. The predicted molar refractivity (Wildman–Crippen MR) is 112 cm³/mol. The second kappa shape index (κ2) is 8.47. The maximum absolute atomic E-state index is 12.3. The standard InChI is InChI=1S/C23H25ClO5/c1-23(2,3)29-21(26)13-18(25)17-12-14-11-15(24)9-10-19(14)28-22(17)16-7-5-6-8-20(16)27-4/h5-12,18,22,25H,13H2,1-4H3/t18-,22+/m0/s1. The molecule has 6 heteroatoms. The highest BCUT2D eigenvalue weighted by molar-refractivity contribution is 6.30. The summed E-state index contributed by atoms with van der Waals surface area (Å²) in [6, 6.07) is 12.7. The van der Waals surface area contributed by atoms with E-state index in [4.69, 9.17) is 25.8 Å². The van der Waals surface area contributed by atoms with Crippen molar-refractivity contribution in [2.75, 3.05) is 7.11 Å².